The lowest BCUT2D eigenvalue weighted by atomic mass is 10.0. The number of methoxy groups -OCH3 is 1. The minimum absolute atomic E-state index is 0. The van der Waals surface area contributed by atoms with E-state index in [1.807, 2.05) is 24.3 Å². The minimum atomic E-state index is 0. The van der Waals surface area contributed by atoms with E-state index >= 15 is 0 Å². The zero-order chi connectivity index (χ0) is 22.6. The molecule has 2 aliphatic heterocycles. The van der Waals surface area contributed by atoms with E-state index < -0.39 is 0 Å². The molecule has 5 rings (SSSR count). The number of hydrogen-bond donors (Lipinski definition) is 1. The molecule has 0 radical (unpaired) electrons. The standard InChI is InChI=1S/C25H30N4O3S.ClH/c1-31-22-6-4-5-20-24(22)33-27-25(20)29-14-12-28(13-15-29)11-2-3-16-32-19-9-7-18-8-10-23(30)26-21(18)17-19;/h4-7,9,17H,2-3,8,10-16H2,1H3,(H,26,30);1H. The van der Waals surface area contributed by atoms with Crippen molar-refractivity contribution in [3.8, 4) is 11.5 Å². The number of hydrogen-bond acceptors (Lipinski definition) is 7. The molecule has 1 saturated heterocycles. The summed E-state index contributed by atoms with van der Waals surface area (Å²) in [5.74, 6) is 2.90. The first-order valence-corrected chi connectivity index (χ1v) is 12.4. The van der Waals surface area contributed by atoms with Gasteiger partial charge in [0.05, 0.1) is 18.4 Å². The van der Waals surface area contributed by atoms with Crippen molar-refractivity contribution in [3.05, 3.63) is 42.0 Å². The first kappa shape index (κ1) is 24.6. The van der Waals surface area contributed by atoms with Gasteiger partial charge in [-0.3, -0.25) is 9.69 Å². The zero-order valence-corrected chi connectivity index (χ0v) is 21.1. The van der Waals surface area contributed by atoms with E-state index in [1.54, 1.807) is 7.11 Å². The molecule has 182 valence electrons. The number of unbranched alkanes of at least 4 members (excludes halogenated alkanes) is 1. The van der Waals surface area contributed by atoms with Crippen molar-refractivity contribution < 1.29 is 14.3 Å². The van der Waals surface area contributed by atoms with Crippen LogP contribution in [0.2, 0.25) is 0 Å². The van der Waals surface area contributed by atoms with E-state index in [-0.39, 0.29) is 18.3 Å². The summed E-state index contributed by atoms with van der Waals surface area (Å²) < 4.78 is 17.3. The summed E-state index contributed by atoms with van der Waals surface area (Å²) in [5.41, 5.74) is 2.08. The Morgan fingerprint density at radius 2 is 1.94 bits per heavy atom. The molecule has 0 spiro atoms. The maximum Gasteiger partial charge on any atom is 0.224 e. The molecular weight excluding hydrogens is 472 g/mol. The molecular formula is C25H31ClN4O3S. The fourth-order valence-corrected chi connectivity index (χ4v) is 5.45. The second kappa shape index (κ2) is 11.3. The zero-order valence-electron chi connectivity index (χ0n) is 19.4. The Hall–Kier alpha value is -2.55. The smallest absolute Gasteiger partial charge is 0.224 e. The molecule has 2 aromatic carbocycles. The predicted octanol–water partition coefficient (Wildman–Crippen LogP) is 4.59. The van der Waals surface area contributed by atoms with Crippen molar-refractivity contribution in [2.24, 2.45) is 0 Å². The van der Waals surface area contributed by atoms with Crippen LogP contribution in [-0.2, 0) is 11.2 Å². The number of rotatable bonds is 8. The highest BCUT2D eigenvalue weighted by Crippen LogP contribution is 2.36. The molecule has 0 aliphatic carbocycles. The van der Waals surface area contributed by atoms with Crippen molar-refractivity contribution in [2.45, 2.75) is 25.7 Å². The van der Waals surface area contributed by atoms with Crippen LogP contribution in [-0.4, -0.2) is 61.6 Å². The third-order valence-electron chi connectivity index (χ3n) is 6.45. The Bertz CT molecular complexity index is 1130. The summed E-state index contributed by atoms with van der Waals surface area (Å²) in [6.45, 7) is 5.87. The average molecular weight is 503 g/mol. The fraction of sp³-hybridized carbons (Fsp3) is 0.440. The van der Waals surface area contributed by atoms with Crippen LogP contribution in [0.3, 0.4) is 0 Å². The number of ether oxygens (including phenoxy) is 2. The highest BCUT2D eigenvalue weighted by atomic mass is 35.5. The molecule has 34 heavy (non-hydrogen) atoms. The largest absolute Gasteiger partial charge is 0.495 e. The van der Waals surface area contributed by atoms with E-state index in [1.165, 1.54) is 22.5 Å². The van der Waals surface area contributed by atoms with Crippen LogP contribution in [0, 0.1) is 0 Å². The number of carbonyl (C=O) groups excluding carboxylic acids is 1. The first-order chi connectivity index (χ1) is 16.2. The van der Waals surface area contributed by atoms with Crippen molar-refractivity contribution in [3.63, 3.8) is 0 Å². The number of aryl methyl sites for hydroxylation is 1. The Morgan fingerprint density at radius 1 is 1.09 bits per heavy atom. The van der Waals surface area contributed by atoms with Gasteiger partial charge >= 0.3 is 0 Å². The van der Waals surface area contributed by atoms with Gasteiger partial charge in [0.15, 0.2) is 0 Å². The van der Waals surface area contributed by atoms with Gasteiger partial charge in [-0.1, -0.05) is 12.1 Å². The molecule has 2 aliphatic rings. The predicted molar refractivity (Wildman–Crippen MR) is 140 cm³/mol. The maximum absolute atomic E-state index is 11.6. The van der Waals surface area contributed by atoms with E-state index in [9.17, 15) is 4.79 Å². The van der Waals surface area contributed by atoms with Crippen molar-refractivity contribution in [2.75, 3.05) is 56.7 Å². The summed E-state index contributed by atoms with van der Waals surface area (Å²) in [6, 6.07) is 12.2. The Kier molecular flexibility index (Phi) is 8.13. The van der Waals surface area contributed by atoms with Gasteiger partial charge in [0.25, 0.3) is 0 Å². The SMILES string of the molecule is COc1cccc2c(N3CCN(CCCCOc4ccc5c(c4)NC(=O)CC5)CC3)nsc12.Cl. The van der Waals surface area contributed by atoms with Crippen LogP contribution in [0.5, 0.6) is 11.5 Å². The third-order valence-corrected chi connectivity index (χ3v) is 7.32. The van der Waals surface area contributed by atoms with Gasteiger partial charge in [-0.2, -0.15) is 4.37 Å². The van der Waals surface area contributed by atoms with Gasteiger partial charge in [0, 0.05) is 49.7 Å². The molecule has 0 saturated carbocycles. The number of benzene rings is 2. The summed E-state index contributed by atoms with van der Waals surface area (Å²) in [4.78, 5) is 16.5. The monoisotopic (exact) mass is 502 g/mol. The van der Waals surface area contributed by atoms with Crippen molar-refractivity contribution >= 4 is 51.4 Å². The van der Waals surface area contributed by atoms with Gasteiger partial charge in [-0.25, -0.2) is 0 Å². The van der Waals surface area contributed by atoms with Gasteiger partial charge < -0.3 is 19.7 Å². The Labute approximate surface area is 210 Å². The summed E-state index contributed by atoms with van der Waals surface area (Å²) in [6.07, 6.45) is 3.50. The third kappa shape index (κ3) is 5.40. The van der Waals surface area contributed by atoms with E-state index in [0.717, 1.165) is 79.7 Å². The van der Waals surface area contributed by atoms with Crippen LogP contribution in [0.25, 0.3) is 10.1 Å². The molecule has 1 amide bonds. The van der Waals surface area contributed by atoms with E-state index in [4.69, 9.17) is 13.8 Å². The lowest BCUT2D eigenvalue weighted by Gasteiger charge is -2.35. The molecule has 0 atom stereocenters. The number of anilines is 2. The maximum atomic E-state index is 11.6. The Balaban J connectivity index is 0.00000274. The fourth-order valence-electron chi connectivity index (χ4n) is 4.56. The number of nitrogens with one attached hydrogen (secondary N) is 1. The number of piperazine rings is 1. The molecule has 3 aromatic rings. The Morgan fingerprint density at radius 3 is 2.76 bits per heavy atom. The molecule has 7 nitrogen and oxygen atoms in total. The van der Waals surface area contributed by atoms with Gasteiger partial charge in [-0.05, 0) is 61.1 Å². The van der Waals surface area contributed by atoms with Crippen LogP contribution in [0.15, 0.2) is 36.4 Å². The van der Waals surface area contributed by atoms with Crippen molar-refractivity contribution in [1.82, 2.24) is 9.27 Å². The molecule has 1 N–H and O–H groups in total. The van der Waals surface area contributed by atoms with Gasteiger partial charge in [0.2, 0.25) is 5.91 Å². The second-order valence-corrected chi connectivity index (χ2v) is 9.37. The van der Waals surface area contributed by atoms with E-state index in [2.05, 4.69) is 27.2 Å². The van der Waals surface area contributed by atoms with E-state index in [0.29, 0.717) is 13.0 Å². The normalized spacial score (nSPS) is 16.0. The summed E-state index contributed by atoms with van der Waals surface area (Å²) in [7, 11) is 1.71. The molecule has 0 unspecified atom stereocenters. The highest BCUT2D eigenvalue weighted by molar-refractivity contribution is 7.14. The number of amides is 1. The van der Waals surface area contributed by atoms with Crippen LogP contribution < -0.4 is 19.7 Å². The summed E-state index contributed by atoms with van der Waals surface area (Å²) in [5, 5.41) is 4.12. The van der Waals surface area contributed by atoms with Crippen LogP contribution in [0.4, 0.5) is 11.5 Å². The molecule has 1 fully saturated rings. The first-order valence-electron chi connectivity index (χ1n) is 11.7. The number of nitrogens with zero attached hydrogens (tertiary/aromatic N) is 3. The lowest BCUT2D eigenvalue weighted by molar-refractivity contribution is -0.116. The topological polar surface area (TPSA) is 66.9 Å². The van der Waals surface area contributed by atoms with Crippen LogP contribution in [0.1, 0.15) is 24.8 Å². The number of halogens is 1. The minimum Gasteiger partial charge on any atom is -0.495 e. The number of fused-ring (bicyclic) bond motifs is 2. The average Bonchev–Trinajstić information content (AvgIpc) is 3.28. The molecule has 3 heterocycles. The number of aromatic nitrogens is 1. The molecule has 0 bridgehead atoms. The quantitative estimate of drug-likeness (QED) is 0.454. The second-order valence-electron chi connectivity index (χ2n) is 8.59. The van der Waals surface area contributed by atoms with Gasteiger partial charge in [-0.15, -0.1) is 12.4 Å². The number of carbonyl (C=O) groups is 1. The highest BCUT2D eigenvalue weighted by Gasteiger charge is 2.21. The molecule has 9 heteroatoms. The van der Waals surface area contributed by atoms with Gasteiger partial charge in [0.1, 0.15) is 17.3 Å². The van der Waals surface area contributed by atoms with Crippen LogP contribution >= 0.6 is 23.9 Å². The van der Waals surface area contributed by atoms with Crippen molar-refractivity contribution in [1.29, 1.82) is 0 Å². The molecule has 1 aromatic heterocycles. The summed E-state index contributed by atoms with van der Waals surface area (Å²) >= 11 is 1.52. The lowest BCUT2D eigenvalue weighted by Crippen LogP contribution is -2.46.